The summed E-state index contributed by atoms with van der Waals surface area (Å²) in [5.74, 6) is -0.684. The number of likely N-dealkylation sites (tertiary alicyclic amines) is 1. The molecule has 5 rings (SSSR count). The predicted molar refractivity (Wildman–Crippen MR) is 106 cm³/mol. The van der Waals surface area contributed by atoms with Gasteiger partial charge >= 0.3 is 0 Å². The lowest BCUT2D eigenvalue weighted by Crippen LogP contribution is -2.54. The Kier molecular flexibility index (Phi) is 4.36. The molecule has 4 aliphatic heterocycles. The normalized spacial score (nSPS) is 32.2. The van der Waals surface area contributed by atoms with Gasteiger partial charge in [0.2, 0.25) is 17.7 Å². The number of nitrogens with zero attached hydrogens (tertiary/aromatic N) is 3. The van der Waals surface area contributed by atoms with Crippen molar-refractivity contribution < 1.29 is 23.9 Å². The van der Waals surface area contributed by atoms with Crippen LogP contribution in [-0.2, 0) is 25.7 Å². The van der Waals surface area contributed by atoms with Gasteiger partial charge in [-0.05, 0) is 17.7 Å². The van der Waals surface area contributed by atoms with Crippen molar-refractivity contribution in [2.75, 3.05) is 40.3 Å². The first kappa shape index (κ1) is 19.1. The zero-order chi connectivity index (χ0) is 21.0. The van der Waals surface area contributed by atoms with Crippen molar-refractivity contribution >= 4 is 17.7 Å². The van der Waals surface area contributed by atoms with Crippen LogP contribution < -0.4 is 4.74 Å². The minimum absolute atomic E-state index is 0.0592. The van der Waals surface area contributed by atoms with Crippen LogP contribution in [0.2, 0.25) is 0 Å². The monoisotopic (exact) mass is 411 g/mol. The van der Waals surface area contributed by atoms with Crippen LogP contribution in [0.1, 0.15) is 5.56 Å². The number of likely N-dealkylation sites (N-methyl/N-ethyl adjacent to an activating group) is 1. The van der Waals surface area contributed by atoms with Crippen molar-refractivity contribution in [3.05, 3.63) is 42.0 Å². The summed E-state index contributed by atoms with van der Waals surface area (Å²) in [4.78, 5) is 43.8. The Hall–Kier alpha value is -2.87. The van der Waals surface area contributed by atoms with Crippen molar-refractivity contribution in [1.82, 2.24) is 14.7 Å². The van der Waals surface area contributed by atoms with Crippen LogP contribution in [0, 0.1) is 11.8 Å². The highest BCUT2D eigenvalue weighted by molar-refractivity contribution is 5.94. The third-order valence-electron chi connectivity index (χ3n) is 6.74. The average Bonchev–Trinajstić information content (AvgIpc) is 3.38. The first-order valence-electron chi connectivity index (χ1n) is 10.2. The summed E-state index contributed by atoms with van der Waals surface area (Å²) in [5, 5.41) is 0. The summed E-state index contributed by atoms with van der Waals surface area (Å²) in [6.07, 6.45) is 3.45. The van der Waals surface area contributed by atoms with E-state index >= 15 is 0 Å². The van der Waals surface area contributed by atoms with E-state index < -0.39 is 23.5 Å². The molecule has 0 saturated carbocycles. The molecule has 30 heavy (non-hydrogen) atoms. The fraction of sp³-hybridized carbons (Fsp3) is 0.500. The standard InChI is InChI=1S/C22H25N3O5/c1-23-8-9-24(12-17(23)26)20(27)18-16-6-7-22(30-16)13-25(21(28)19(18)22)11-14-4-3-5-15(10-14)29-2/h3-7,10,16,18-19H,8-9,11-13H2,1-2H3/t16-,18+,19+,22-/m0/s1. The minimum Gasteiger partial charge on any atom is -0.497 e. The molecule has 4 atom stereocenters. The molecule has 1 aromatic rings. The fourth-order valence-electron chi connectivity index (χ4n) is 5.14. The van der Waals surface area contributed by atoms with Crippen LogP contribution in [-0.4, -0.2) is 84.5 Å². The van der Waals surface area contributed by atoms with Crippen LogP contribution >= 0.6 is 0 Å². The lowest BCUT2D eigenvalue weighted by molar-refractivity contribution is -0.149. The van der Waals surface area contributed by atoms with Crippen molar-refractivity contribution in [3.63, 3.8) is 0 Å². The second-order valence-corrected chi connectivity index (χ2v) is 8.52. The van der Waals surface area contributed by atoms with Gasteiger partial charge < -0.3 is 24.2 Å². The van der Waals surface area contributed by atoms with Crippen LogP contribution in [0.3, 0.4) is 0 Å². The van der Waals surface area contributed by atoms with Crippen LogP contribution in [0.4, 0.5) is 0 Å². The predicted octanol–water partition coefficient (Wildman–Crippen LogP) is 0.278. The number of benzene rings is 1. The highest BCUT2D eigenvalue weighted by atomic mass is 16.5. The molecule has 0 N–H and O–H groups in total. The Morgan fingerprint density at radius 2 is 2.13 bits per heavy atom. The molecule has 0 radical (unpaired) electrons. The summed E-state index contributed by atoms with van der Waals surface area (Å²) in [7, 11) is 3.35. The highest BCUT2D eigenvalue weighted by Gasteiger charge is 2.67. The number of fused-ring (bicyclic) bond motifs is 1. The molecule has 3 saturated heterocycles. The average molecular weight is 411 g/mol. The Morgan fingerprint density at radius 1 is 1.30 bits per heavy atom. The summed E-state index contributed by atoms with van der Waals surface area (Å²) in [6, 6.07) is 7.62. The van der Waals surface area contributed by atoms with Gasteiger partial charge in [-0.15, -0.1) is 0 Å². The van der Waals surface area contributed by atoms with Gasteiger partial charge in [-0.1, -0.05) is 24.3 Å². The molecule has 1 spiro atoms. The Morgan fingerprint density at radius 3 is 2.90 bits per heavy atom. The summed E-state index contributed by atoms with van der Waals surface area (Å²) < 4.78 is 11.5. The first-order valence-corrected chi connectivity index (χ1v) is 10.2. The van der Waals surface area contributed by atoms with E-state index in [1.807, 2.05) is 36.4 Å². The van der Waals surface area contributed by atoms with Gasteiger partial charge in [0.15, 0.2) is 0 Å². The van der Waals surface area contributed by atoms with Crippen LogP contribution in [0.25, 0.3) is 0 Å². The number of amides is 3. The number of piperazine rings is 1. The first-order chi connectivity index (χ1) is 14.4. The quantitative estimate of drug-likeness (QED) is 0.665. The van der Waals surface area contributed by atoms with E-state index in [1.165, 1.54) is 0 Å². The molecule has 8 nitrogen and oxygen atoms in total. The molecule has 158 valence electrons. The summed E-state index contributed by atoms with van der Waals surface area (Å²) >= 11 is 0. The van der Waals surface area contributed by atoms with Gasteiger partial charge in [0, 0.05) is 26.7 Å². The van der Waals surface area contributed by atoms with E-state index in [1.54, 1.807) is 28.9 Å². The highest BCUT2D eigenvalue weighted by Crippen LogP contribution is 2.52. The second-order valence-electron chi connectivity index (χ2n) is 8.52. The van der Waals surface area contributed by atoms with Gasteiger partial charge in [0.1, 0.15) is 11.4 Å². The molecule has 3 amide bonds. The molecule has 0 aliphatic carbocycles. The largest absolute Gasteiger partial charge is 0.497 e. The van der Waals surface area contributed by atoms with E-state index in [2.05, 4.69) is 0 Å². The van der Waals surface area contributed by atoms with E-state index in [0.29, 0.717) is 26.2 Å². The third-order valence-corrected chi connectivity index (χ3v) is 6.74. The maximum absolute atomic E-state index is 13.4. The van der Waals surface area contributed by atoms with E-state index in [9.17, 15) is 14.4 Å². The van der Waals surface area contributed by atoms with E-state index in [-0.39, 0.29) is 24.3 Å². The van der Waals surface area contributed by atoms with Gasteiger partial charge in [0.25, 0.3) is 0 Å². The van der Waals surface area contributed by atoms with Crippen molar-refractivity contribution in [2.45, 2.75) is 18.2 Å². The number of methoxy groups -OCH3 is 1. The Labute approximate surface area is 175 Å². The number of hydrogen-bond acceptors (Lipinski definition) is 5. The van der Waals surface area contributed by atoms with Gasteiger partial charge in [-0.2, -0.15) is 0 Å². The molecule has 0 unspecified atom stereocenters. The molecule has 0 aromatic heterocycles. The number of hydrogen-bond donors (Lipinski definition) is 0. The third kappa shape index (κ3) is 2.81. The fourth-order valence-corrected chi connectivity index (χ4v) is 5.14. The maximum atomic E-state index is 13.4. The molecule has 2 bridgehead atoms. The van der Waals surface area contributed by atoms with Crippen molar-refractivity contribution in [3.8, 4) is 5.75 Å². The van der Waals surface area contributed by atoms with Gasteiger partial charge in [0.05, 0.1) is 38.1 Å². The number of ether oxygens (including phenoxy) is 2. The van der Waals surface area contributed by atoms with Crippen molar-refractivity contribution in [1.29, 1.82) is 0 Å². The number of carbonyl (C=O) groups is 3. The van der Waals surface area contributed by atoms with Crippen LogP contribution in [0.5, 0.6) is 5.75 Å². The lowest BCUT2D eigenvalue weighted by atomic mass is 9.76. The van der Waals surface area contributed by atoms with Gasteiger partial charge in [-0.25, -0.2) is 0 Å². The molecule has 3 fully saturated rings. The SMILES string of the molecule is COc1cccc(CN2C[C@]34C=C[C@H](O3)[C@@H](C(=O)N3CCN(C)C(=O)C3)[C@@H]4C2=O)c1. The molecule has 4 heterocycles. The second kappa shape index (κ2) is 6.84. The van der Waals surface area contributed by atoms with Crippen LogP contribution in [0.15, 0.2) is 36.4 Å². The molecule has 8 heteroatoms. The molecule has 4 aliphatic rings. The minimum atomic E-state index is -0.752. The number of rotatable bonds is 4. The maximum Gasteiger partial charge on any atom is 0.241 e. The zero-order valence-corrected chi connectivity index (χ0v) is 17.1. The molecular weight excluding hydrogens is 386 g/mol. The number of carbonyl (C=O) groups excluding carboxylic acids is 3. The summed E-state index contributed by atoms with van der Waals surface area (Å²) in [6.45, 7) is 1.90. The smallest absolute Gasteiger partial charge is 0.241 e. The Balaban J connectivity index is 1.37. The lowest BCUT2D eigenvalue weighted by Gasteiger charge is -2.35. The van der Waals surface area contributed by atoms with E-state index in [0.717, 1.165) is 11.3 Å². The van der Waals surface area contributed by atoms with Crippen molar-refractivity contribution in [2.24, 2.45) is 11.8 Å². The molecular formula is C22H25N3O5. The zero-order valence-electron chi connectivity index (χ0n) is 17.1. The van der Waals surface area contributed by atoms with E-state index in [4.69, 9.17) is 9.47 Å². The Bertz CT molecular complexity index is 946. The molecule has 1 aromatic carbocycles. The summed E-state index contributed by atoms with van der Waals surface area (Å²) in [5.41, 5.74) is 0.211. The van der Waals surface area contributed by atoms with Gasteiger partial charge in [-0.3, -0.25) is 14.4 Å². The topological polar surface area (TPSA) is 79.4 Å².